The van der Waals surface area contributed by atoms with E-state index < -0.39 is 0 Å². The van der Waals surface area contributed by atoms with Gasteiger partial charge in [0.15, 0.2) is 6.29 Å². The van der Waals surface area contributed by atoms with Crippen molar-refractivity contribution in [2.75, 3.05) is 26.3 Å². The molecule has 2 rings (SSSR count). The molecule has 6 nitrogen and oxygen atoms in total. The van der Waals surface area contributed by atoms with E-state index in [9.17, 15) is 0 Å². The second-order valence-corrected chi connectivity index (χ2v) is 5.23. The fourth-order valence-electron chi connectivity index (χ4n) is 2.11. The predicted octanol–water partition coefficient (Wildman–Crippen LogP) is 1.59. The van der Waals surface area contributed by atoms with Crippen LogP contribution in [0, 0.1) is 0 Å². The van der Waals surface area contributed by atoms with E-state index in [-0.39, 0.29) is 6.29 Å². The number of aliphatic imine (C=N–C) groups is 1. The second-order valence-electron chi connectivity index (χ2n) is 4.42. The van der Waals surface area contributed by atoms with Gasteiger partial charge in [-0.25, -0.2) is 0 Å². The minimum atomic E-state index is -0.236. The fraction of sp³-hybridized carbons (Fsp3) is 0.692. The van der Waals surface area contributed by atoms with Crippen LogP contribution in [0.15, 0.2) is 15.7 Å². The van der Waals surface area contributed by atoms with Crippen molar-refractivity contribution in [3.05, 3.63) is 16.4 Å². The number of hydrogen-bond donors (Lipinski definition) is 1. The van der Waals surface area contributed by atoms with Crippen molar-refractivity contribution in [2.24, 2.45) is 4.99 Å². The first kappa shape index (κ1) is 15.5. The highest BCUT2D eigenvalue weighted by Crippen LogP contribution is 2.13. The summed E-state index contributed by atoms with van der Waals surface area (Å²) in [7, 11) is 0. The smallest absolute Gasteiger partial charge is 0.174 e. The molecular formula is C13H21BrN4O2. The lowest BCUT2D eigenvalue weighted by Gasteiger charge is -2.18. The lowest BCUT2D eigenvalue weighted by molar-refractivity contribution is -0.131. The standard InChI is InChI=1S/C13H21BrN4O2/c1-3-19-13(20-4-2)8-16-12-9-18-10(5-6-15-12)7-11(14)17-18/h7,13H,3-6,8-9H2,1-2H3,(H,15,16). The highest BCUT2D eigenvalue weighted by Gasteiger charge is 2.14. The Kier molecular flexibility index (Phi) is 6.00. The summed E-state index contributed by atoms with van der Waals surface area (Å²) < 4.78 is 13.9. The Morgan fingerprint density at radius 1 is 1.40 bits per heavy atom. The van der Waals surface area contributed by atoms with Gasteiger partial charge in [-0.15, -0.1) is 0 Å². The summed E-state index contributed by atoms with van der Waals surface area (Å²) in [5.74, 6) is 0.920. The third kappa shape index (κ3) is 4.29. The number of nitrogens with zero attached hydrogens (tertiary/aromatic N) is 3. The van der Waals surface area contributed by atoms with Crippen LogP contribution in [0.25, 0.3) is 0 Å². The SMILES string of the molecule is CCOC(CNC1=NCCc2cc(Br)nn2C1)OCC. The van der Waals surface area contributed by atoms with E-state index in [1.54, 1.807) is 0 Å². The van der Waals surface area contributed by atoms with Crippen molar-refractivity contribution < 1.29 is 9.47 Å². The molecule has 0 aliphatic carbocycles. The Balaban J connectivity index is 1.91. The van der Waals surface area contributed by atoms with Gasteiger partial charge in [0.1, 0.15) is 10.4 Å². The largest absolute Gasteiger partial charge is 0.367 e. The number of rotatable bonds is 6. The number of amidine groups is 1. The Labute approximate surface area is 127 Å². The number of aromatic nitrogens is 2. The average Bonchev–Trinajstić information content (AvgIpc) is 2.65. The van der Waals surface area contributed by atoms with Gasteiger partial charge in [-0.1, -0.05) is 0 Å². The number of fused-ring (bicyclic) bond motifs is 1. The van der Waals surface area contributed by atoms with E-state index in [2.05, 4.69) is 31.3 Å². The van der Waals surface area contributed by atoms with Gasteiger partial charge in [-0.05, 0) is 35.8 Å². The van der Waals surface area contributed by atoms with Gasteiger partial charge in [0, 0.05) is 31.9 Å². The summed E-state index contributed by atoms with van der Waals surface area (Å²) in [6, 6.07) is 2.04. The van der Waals surface area contributed by atoms with E-state index >= 15 is 0 Å². The molecule has 1 aliphatic heterocycles. The third-order valence-corrected chi connectivity index (χ3v) is 3.37. The Bertz CT molecular complexity index is 455. The molecule has 20 heavy (non-hydrogen) atoms. The summed E-state index contributed by atoms with van der Waals surface area (Å²) in [4.78, 5) is 4.55. The maximum atomic E-state index is 5.51. The average molecular weight is 345 g/mol. The highest BCUT2D eigenvalue weighted by molar-refractivity contribution is 9.10. The van der Waals surface area contributed by atoms with Crippen LogP contribution in [0.3, 0.4) is 0 Å². The van der Waals surface area contributed by atoms with Crippen LogP contribution in [0.2, 0.25) is 0 Å². The zero-order valence-corrected chi connectivity index (χ0v) is 13.5. The van der Waals surface area contributed by atoms with Crippen molar-refractivity contribution in [1.29, 1.82) is 0 Å². The molecule has 0 bridgehead atoms. The van der Waals surface area contributed by atoms with Crippen molar-refractivity contribution in [1.82, 2.24) is 15.1 Å². The molecule has 0 unspecified atom stereocenters. The van der Waals surface area contributed by atoms with Gasteiger partial charge in [0.2, 0.25) is 0 Å². The Morgan fingerprint density at radius 2 is 2.15 bits per heavy atom. The molecule has 1 aromatic rings. The molecule has 0 aromatic carbocycles. The summed E-state index contributed by atoms with van der Waals surface area (Å²) in [5.41, 5.74) is 1.20. The fourth-order valence-corrected chi connectivity index (χ4v) is 2.56. The van der Waals surface area contributed by atoms with Crippen molar-refractivity contribution in [2.45, 2.75) is 33.1 Å². The zero-order chi connectivity index (χ0) is 14.4. The lowest BCUT2D eigenvalue weighted by Crippen LogP contribution is -2.37. The third-order valence-electron chi connectivity index (χ3n) is 2.98. The molecule has 0 spiro atoms. The van der Waals surface area contributed by atoms with Gasteiger partial charge < -0.3 is 14.8 Å². The number of hydrogen-bond acceptors (Lipinski definition) is 5. The number of halogens is 1. The maximum absolute atomic E-state index is 5.51. The van der Waals surface area contributed by atoms with Gasteiger partial charge in [0.25, 0.3) is 0 Å². The minimum absolute atomic E-state index is 0.236. The molecule has 2 heterocycles. The van der Waals surface area contributed by atoms with Gasteiger partial charge in [-0.3, -0.25) is 9.67 Å². The van der Waals surface area contributed by atoms with E-state index in [0.717, 1.165) is 23.4 Å². The van der Waals surface area contributed by atoms with Crippen LogP contribution in [0.5, 0.6) is 0 Å². The first-order valence-corrected chi connectivity index (χ1v) is 7.74. The van der Waals surface area contributed by atoms with Crippen molar-refractivity contribution in [3.8, 4) is 0 Å². The zero-order valence-electron chi connectivity index (χ0n) is 11.9. The monoisotopic (exact) mass is 344 g/mol. The summed E-state index contributed by atoms with van der Waals surface area (Å²) in [6.07, 6.45) is 0.671. The minimum Gasteiger partial charge on any atom is -0.367 e. The molecule has 0 saturated carbocycles. The van der Waals surface area contributed by atoms with Gasteiger partial charge >= 0.3 is 0 Å². The Morgan fingerprint density at radius 3 is 2.85 bits per heavy atom. The molecule has 0 saturated heterocycles. The molecule has 0 amide bonds. The molecule has 1 aromatic heterocycles. The molecule has 112 valence electrons. The second kappa shape index (κ2) is 7.75. The van der Waals surface area contributed by atoms with Crippen molar-refractivity contribution in [3.63, 3.8) is 0 Å². The first-order chi connectivity index (χ1) is 9.72. The summed E-state index contributed by atoms with van der Waals surface area (Å²) >= 11 is 3.41. The van der Waals surface area contributed by atoms with Crippen LogP contribution in [-0.2, 0) is 22.4 Å². The van der Waals surface area contributed by atoms with E-state index in [0.29, 0.717) is 26.3 Å². The van der Waals surface area contributed by atoms with Crippen LogP contribution in [-0.4, -0.2) is 48.2 Å². The van der Waals surface area contributed by atoms with E-state index in [4.69, 9.17) is 9.47 Å². The topological polar surface area (TPSA) is 60.7 Å². The molecular weight excluding hydrogens is 324 g/mol. The lowest BCUT2D eigenvalue weighted by atomic mass is 10.3. The molecule has 1 N–H and O–H groups in total. The first-order valence-electron chi connectivity index (χ1n) is 6.95. The maximum Gasteiger partial charge on any atom is 0.174 e. The summed E-state index contributed by atoms with van der Waals surface area (Å²) in [6.45, 7) is 7.22. The Hall–Kier alpha value is -0.920. The van der Waals surface area contributed by atoms with Gasteiger partial charge in [0.05, 0.1) is 13.1 Å². The molecule has 0 radical (unpaired) electrons. The molecule has 7 heteroatoms. The molecule has 1 aliphatic rings. The van der Waals surface area contributed by atoms with E-state index in [1.165, 1.54) is 5.69 Å². The quantitative estimate of drug-likeness (QED) is 0.796. The number of nitrogens with one attached hydrogen (secondary N) is 1. The van der Waals surface area contributed by atoms with Crippen LogP contribution >= 0.6 is 15.9 Å². The van der Waals surface area contributed by atoms with Crippen molar-refractivity contribution >= 4 is 21.8 Å². The van der Waals surface area contributed by atoms with Crippen LogP contribution in [0.1, 0.15) is 19.5 Å². The van der Waals surface area contributed by atoms with Crippen LogP contribution < -0.4 is 5.32 Å². The normalized spacial score (nSPS) is 14.9. The molecule has 0 fully saturated rings. The molecule has 0 atom stereocenters. The summed E-state index contributed by atoms with van der Waals surface area (Å²) in [5, 5.41) is 7.72. The highest BCUT2D eigenvalue weighted by atomic mass is 79.9. The van der Waals surface area contributed by atoms with Gasteiger partial charge in [-0.2, -0.15) is 5.10 Å². The van der Waals surface area contributed by atoms with Crippen LogP contribution in [0.4, 0.5) is 0 Å². The predicted molar refractivity (Wildman–Crippen MR) is 81.0 cm³/mol. The van der Waals surface area contributed by atoms with E-state index in [1.807, 2.05) is 24.6 Å². The number of ether oxygens (including phenoxy) is 2.